The number of carbonyl (C=O) groups excluding carboxylic acids is 2. The van der Waals surface area contributed by atoms with Gasteiger partial charge in [0.25, 0.3) is 10.0 Å². The number of nitrogens with zero attached hydrogens (tertiary/aromatic N) is 4. The van der Waals surface area contributed by atoms with Crippen LogP contribution in [0.4, 0.5) is 15.4 Å². The maximum Gasteiger partial charge on any atom is 0.413 e. The van der Waals surface area contributed by atoms with Gasteiger partial charge in [-0.2, -0.15) is 17.6 Å². The highest BCUT2D eigenvalue weighted by Gasteiger charge is 2.26. The van der Waals surface area contributed by atoms with Crippen LogP contribution in [0.15, 0.2) is 84.0 Å². The third-order valence-corrected chi connectivity index (χ3v) is 10.0. The minimum absolute atomic E-state index is 0.0329. The first-order valence-electron chi connectivity index (χ1n) is 17.4. The Hall–Kier alpha value is -5.67. The highest BCUT2D eigenvalue weighted by Crippen LogP contribution is 2.36. The van der Waals surface area contributed by atoms with Gasteiger partial charge in [0.15, 0.2) is 11.6 Å². The molecular formula is C39H42ClN7O7S. The van der Waals surface area contributed by atoms with Crippen molar-refractivity contribution in [2.75, 3.05) is 11.9 Å². The summed E-state index contributed by atoms with van der Waals surface area (Å²) in [5.74, 6) is 0.0614. The van der Waals surface area contributed by atoms with Gasteiger partial charge in [0.05, 0.1) is 28.5 Å². The third-order valence-electron chi connectivity index (χ3n) is 8.13. The molecule has 6 aromatic rings. The largest absolute Gasteiger partial charge is 0.488 e. The predicted octanol–water partition coefficient (Wildman–Crippen LogP) is 8.04. The van der Waals surface area contributed by atoms with Gasteiger partial charge < -0.3 is 24.5 Å². The summed E-state index contributed by atoms with van der Waals surface area (Å²) in [7, 11) is -4.02. The van der Waals surface area contributed by atoms with Gasteiger partial charge in [0.1, 0.15) is 28.5 Å². The Kier molecular flexibility index (Phi) is 10.8. The lowest BCUT2D eigenvalue weighted by Crippen LogP contribution is -2.43. The number of halogens is 1. The Balaban J connectivity index is 1.37. The van der Waals surface area contributed by atoms with E-state index in [1.807, 2.05) is 30.5 Å². The maximum absolute atomic E-state index is 13.5. The summed E-state index contributed by atoms with van der Waals surface area (Å²) >= 11 is 6.75. The Morgan fingerprint density at radius 2 is 1.60 bits per heavy atom. The number of anilines is 1. The zero-order chi connectivity index (χ0) is 39.7. The van der Waals surface area contributed by atoms with Gasteiger partial charge >= 0.3 is 12.2 Å². The summed E-state index contributed by atoms with van der Waals surface area (Å²) in [6.45, 7) is 12.1. The van der Waals surface area contributed by atoms with Crippen molar-refractivity contribution < 1.29 is 32.2 Å². The molecule has 0 aliphatic carbocycles. The predicted molar refractivity (Wildman–Crippen MR) is 210 cm³/mol. The number of aromatic nitrogens is 5. The fourth-order valence-corrected chi connectivity index (χ4v) is 7.36. The molecule has 0 bridgehead atoms. The second-order valence-electron chi connectivity index (χ2n) is 14.9. The molecule has 55 heavy (non-hydrogen) atoms. The van der Waals surface area contributed by atoms with Crippen LogP contribution in [-0.2, 0) is 25.9 Å². The van der Waals surface area contributed by atoms with E-state index in [2.05, 4.69) is 30.7 Å². The average Bonchev–Trinajstić information content (AvgIpc) is 3.67. The summed E-state index contributed by atoms with van der Waals surface area (Å²) in [6.07, 6.45) is 2.21. The van der Waals surface area contributed by atoms with Crippen LogP contribution in [0.3, 0.4) is 0 Å². The van der Waals surface area contributed by atoms with E-state index in [9.17, 15) is 18.0 Å². The minimum Gasteiger partial charge on any atom is -0.488 e. The summed E-state index contributed by atoms with van der Waals surface area (Å²) in [4.78, 5) is 38.3. The van der Waals surface area contributed by atoms with E-state index in [0.717, 1.165) is 20.6 Å². The number of aromatic amines is 1. The molecule has 0 unspecified atom stereocenters. The van der Waals surface area contributed by atoms with E-state index in [4.69, 9.17) is 25.8 Å². The van der Waals surface area contributed by atoms with Crippen LogP contribution < -0.4 is 15.4 Å². The summed E-state index contributed by atoms with van der Waals surface area (Å²) < 4.78 is 45.3. The number of hydrogen-bond acceptors (Lipinski definition) is 10. The lowest BCUT2D eigenvalue weighted by molar-refractivity contribution is 0.0487. The number of hydrogen-bond donors (Lipinski definition) is 3. The molecule has 2 aromatic carbocycles. The second-order valence-corrected chi connectivity index (χ2v) is 17.0. The van der Waals surface area contributed by atoms with Crippen molar-refractivity contribution in [1.82, 2.24) is 29.5 Å². The van der Waals surface area contributed by atoms with Gasteiger partial charge in [0.2, 0.25) is 0 Å². The summed E-state index contributed by atoms with van der Waals surface area (Å²) in [6, 6.07) is 18.4. The Labute approximate surface area is 323 Å². The molecule has 1 atom stereocenters. The van der Waals surface area contributed by atoms with Crippen molar-refractivity contribution in [2.45, 2.75) is 77.0 Å². The molecule has 0 fully saturated rings. The van der Waals surface area contributed by atoms with Crippen LogP contribution in [0.1, 0.15) is 52.8 Å². The fourth-order valence-electron chi connectivity index (χ4n) is 5.79. The van der Waals surface area contributed by atoms with Crippen LogP contribution in [0, 0.1) is 6.92 Å². The normalized spacial score (nSPS) is 12.7. The molecule has 0 spiro atoms. The number of pyridine rings is 2. The average molecular weight is 788 g/mol. The molecule has 0 saturated heterocycles. The lowest BCUT2D eigenvalue weighted by Gasteiger charge is -2.24. The SMILES string of the molecule is Cc1nn(S(=O)(=O)c2ccccc2)c2cnc(-c3cc(OC[C@H](Cc4c[nH]c5ccccc45)NC(=O)OC(C)(C)C)c(NC(=O)OC(C)(C)C)nc3Cl)cc12. The molecule has 16 heteroatoms. The second kappa shape index (κ2) is 15.2. The van der Waals surface area contributed by atoms with Crippen LogP contribution >= 0.6 is 11.6 Å². The van der Waals surface area contributed by atoms with Gasteiger partial charge in [0, 0.05) is 28.0 Å². The smallest absolute Gasteiger partial charge is 0.413 e. The van der Waals surface area contributed by atoms with Crippen molar-refractivity contribution in [2.24, 2.45) is 0 Å². The highest BCUT2D eigenvalue weighted by atomic mass is 35.5. The first-order chi connectivity index (χ1) is 25.9. The highest BCUT2D eigenvalue weighted by molar-refractivity contribution is 7.90. The lowest BCUT2D eigenvalue weighted by atomic mass is 10.1. The van der Waals surface area contributed by atoms with E-state index < -0.39 is 39.5 Å². The summed E-state index contributed by atoms with van der Waals surface area (Å²) in [5, 5.41) is 11.4. The van der Waals surface area contributed by atoms with Crippen LogP contribution in [0.5, 0.6) is 5.75 Å². The zero-order valence-electron chi connectivity index (χ0n) is 31.4. The molecule has 4 aromatic heterocycles. The number of aryl methyl sites for hydroxylation is 1. The molecule has 4 heterocycles. The topological polar surface area (TPSA) is 179 Å². The monoisotopic (exact) mass is 787 g/mol. The summed E-state index contributed by atoms with van der Waals surface area (Å²) in [5.41, 5.74) is 1.67. The van der Waals surface area contributed by atoms with E-state index >= 15 is 0 Å². The van der Waals surface area contributed by atoms with Crippen LogP contribution in [0.25, 0.3) is 33.1 Å². The van der Waals surface area contributed by atoms with E-state index in [1.165, 1.54) is 18.3 Å². The maximum atomic E-state index is 13.5. The number of ether oxygens (including phenoxy) is 3. The van der Waals surface area contributed by atoms with Crippen molar-refractivity contribution in [3.8, 4) is 17.0 Å². The molecule has 0 saturated carbocycles. The molecule has 2 amide bonds. The van der Waals surface area contributed by atoms with Crippen LogP contribution in [-0.4, -0.2) is 68.6 Å². The Morgan fingerprint density at radius 3 is 2.31 bits per heavy atom. The number of fused-ring (bicyclic) bond motifs is 2. The van der Waals surface area contributed by atoms with E-state index in [-0.39, 0.29) is 33.7 Å². The quantitative estimate of drug-likeness (QED) is 0.115. The molecule has 14 nitrogen and oxygen atoms in total. The standard InChI is InChI=1S/C39H42ClN7O7S/c1-23-28-18-31(42-21-32(28)47(46-23)55(50,51)26-13-9-8-10-14-26)29-19-33(35(44-34(29)40)45-37(49)54-39(5,6)7)52-22-25(43-36(48)53-38(2,3)4)17-24-20-41-30-16-12-11-15-27(24)30/h8-16,18-21,25,41H,17,22H2,1-7H3,(H,43,48)(H,44,45,49)/t25-/m0/s1. The van der Waals surface area contributed by atoms with E-state index in [1.54, 1.807) is 78.8 Å². The number of carbonyl (C=O) groups is 2. The molecule has 6 rings (SSSR count). The number of nitrogens with one attached hydrogen (secondary N) is 3. The molecule has 3 N–H and O–H groups in total. The number of H-pyrrole nitrogens is 1. The fraction of sp³-hybridized carbons (Fsp3) is 0.308. The molecule has 0 aliphatic rings. The minimum atomic E-state index is -4.02. The zero-order valence-corrected chi connectivity index (χ0v) is 33.0. The third kappa shape index (κ3) is 9.18. The molecule has 288 valence electrons. The number of para-hydroxylation sites is 1. The number of alkyl carbamates (subject to hydrolysis) is 1. The number of benzene rings is 2. The molecular weight excluding hydrogens is 746 g/mol. The van der Waals surface area contributed by atoms with Crippen molar-refractivity contribution >= 4 is 61.4 Å². The van der Waals surface area contributed by atoms with Gasteiger partial charge in [-0.1, -0.05) is 48.0 Å². The van der Waals surface area contributed by atoms with Gasteiger partial charge in [-0.25, -0.2) is 14.6 Å². The molecule has 0 radical (unpaired) electrons. The number of amides is 2. The van der Waals surface area contributed by atoms with Gasteiger partial charge in [-0.05, 0) is 90.8 Å². The first-order valence-corrected chi connectivity index (χ1v) is 19.2. The Morgan fingerprint density at radius 1 is 0.927 bits per heavy atom. The van der Waals surface area contributed by atoms with Crippen molar-refractivity contribution in [1.29, 1.82) is 0 Å². The number of rotatable bonds is 10. The molecule has 0 aliphatic heterocycles. The van der Waals surface area contributed by atoms with Crippen molar-refractivity contribution in [3.63, 3.8) is 0 Å². The Bertz CT molecular complexity index is 2490. The van der Waals surface area contributed by atoms with Gasteiger partial charge in [-0.3, -0.25) is 10.3 Å². The van der Waals surface area contributed by atoms with E-state index in [0.29, 0.717) is 28.8 Å². The van der Waals surface area contributed by atoms with Gasteiger partial charge in [-0.15, -0.1) is 0 Å². The van der Waals surface area contributed by atoms with Crippen molar-refractivity contribution in [3.05, 3.63) is 95.5 Å². The first kappa shape index (κ1) is 39.0. The van der Waals surface area contributed by atoms with Crippen LogP contribution in [0.2, 0.25) is 5.15 Å².